The van der Waals surface area contributed by atoms with Crippen LogP contribution in [0.1, 0.15) is 36.1 Å². The van der Waals surface area contributed by atoms with Gasteiger partial charge in [0.25, 0.3) is 10.0 Å². The molecule has 2 aliphatic rings. The molecule has 1 aromatic carbocycles. The molecular formula is C22H28N2O7S2. The second-order valence-corrected chi connectivity index (χ2v) is 12.6. The average molecular weight is 497 g/mol. The molecule has 33 heavy (non-hydrogen) atoms. The molecule has 0 unspecified atom stereocenters. The minimum atomic E-state index is -3.70. The fourth-order valence-electron chi connectivity index (χ4n) is 4.20. The summed E-state index contributed by atoms with van der Waals surface area (Å²) in [6, 6.07) is 8.14. The highest BCUT2D eigenvalue weighted by molar-refractivity contribution is 7.89. The first-order valence-electron chi connectivity index (χ1n) is 10.9. The summed E-state index contributed by atoms with van der Waals surface area (Å²) in [5.74, 6) is -0.644. The first kappa shape index (κ1) is 23.9. The number of ether oxygens (including phenoxy) is 1. The van der Waals surface area contributed by atoms with Crippen LogP contribution in [0.15, 0.2) is 44.7 Å². The van der Waals surface area contributed by atoms with E-state index in [0.717, 1.165) is 29.1 Å². The lowest BCUT2D eigenvalue weighted by Gasteiger charge is -2.30. The lowest BCUT2D eigenvalue weighted by molar-refractivity contribution is -0.151. The van der Waals surface area contributed by atoms with Gasteiger partial charge in [-0.1, -0.05) is 6.07 Å². The molecule has 0 radical (unpaired) electrons. The Hall–Kier alpha value is -2.21. The molecule has 0 spiro atoms. The smallest absolute Gasteiger partial charge is 0.309 e. The van der Waals surface area contributed by atoms with Gasteiger partial charge in [0.2, 0.25) is 15.1 Å². The largest absolute Gasteiger partial charge is 0.457 e. The van der Waals surface area contributed by atoms with Crippen molar-refractivity contribution in [3.63, 3.8) is 0 Å². The van der Waals surface area contributed by atoms with Gasteiger partial charge in [-0.25, -0.2) is 21.1 Å². The monoisotopic (exact) mass is 496 g/mol. The highest BCUT2D eigenvalue weighted by Gasteiger charge is 2.33. The van der Waals surface area contributed by atoms with Crippen molar-refractivity contribution in [2.45, 2.75) is 48.7 Å². The molecule has 0 bridgehead atoms. The zero-order valence-electron chi connectivity index (χ0n) is 18.7. The Balaban J connectivity index is 1.32. The molecule has 0 amide bonds. The van der Waals surface area contributed by atoms with Crippen molar-refractivity contribution in [1.82, 2.24) is 8.61 Å². The normalized spacial score (nSPS) is 17.9. The molecule has 2 aromatic rings. The quantitative estimate of drug-likeness (QED) is 0.540. The van der Waals surface area contributed by atoms with Gasteiger partial charge >= 0.3 is 5.97 Å². The van der Waals surface area contributed by atoms with Gasteiger partial charge in [-0.2, -0.15) is 4.31 Å². The third-order valence-corrected chi connectivity index (χ3v) is 9.81. The number of nitrogens with zero attached hydrogens (tertiary/aromatic N) is 2. The Morgan fingerprint density at radius 3 is 2.45 bits per heavy atom. The van der Waals surface area contributed by atoms with E-state index < -0.39 is 31.9 Å². The van der Waals surface area contributed by atoms with Crippen molar-refractivity contribution in [1.29, 1.82) is 0 Å². The van der Waals surface area contributed by atoms with Crippen LogP contribution in [0.5, 0.6) is 0 Å². The number of benzene rings is 1. The summed E-state index contributed by atoms with van der Waals surface area (Å²) in [4.78, 5) is 12.8. The number of fused-ring (bicyclic) bond motifs is 1. The molecule has 2 heterocycles. The van der Waals surface area contributed by atoms with Gasteiger partial charge in [-0.05, 0) is 67.5 Å². The highest BCUT2D eigenvalue weighted by Crippen LogP contribution is 2.29. The summed E-state index contributed by atoms with van der Waals surface area (Å²) >= 11 is 0. The number of hydrogen-bond acceptors (Lipinski definition) is 7. The molecular weight excluding hydrogens is 468 g/mol. The van der Waals surface area contributed by atoms with Gasteiger partial charge in [-0.15, -0.1) is 0 Å². The number of piperidine rings is 1. The van der Waals surface area contributed by atoms with E-state index in [1.165, 1.54) is 36.1 Å². The van der Waals surface area contributed by atoms with Gasteiger partial charge in [-0.3, -0.25) is 4.79 Å². The molecule has 1 aliphatic carbocycles. The first-order chi connectivity index (χ1) is 15.6. The number of aryl methyl sites for hydroxylation is 2. The second-order valence-electron chi connectivity index (χ2n) is 8.58. The Morgan fingerprint density at radius 2 is 1.76 bits per heavy atom. The summed E-state index contributed by atoms with van der Waals surface area (Å²) in [6.07, 6.45) is 3.68. The molecule has 1 fully saturated rings. The van der Waals surface area contributed by atoms with Crippen molar-refractivity contribution in [2.24, 2.45) is 5.92 Å². The fourth-order valence-corrected chi connectivity index (χ4v) is 6.54. The molecule has 1 aromatic heterocycles. The zero-order chi connectivity index (χ0) is 23.8. The van der Waals surface area contributed by atoms with E-state index in [2.05, 4.69) is 0 Å². The van der Waals surface area contributed by atoms with Crippen LogP contribution >= 0.6 is 0 Å². The Kier molecular flexibility index (Phi) is 6.68. The summed E-state index contributed by atoms with van der Waals surface area (Å²) in [7, 11) is -4.50. The van der Waals surface area contributed by atoms with Crippen molar-refractivity contribution in [2.75, 3.05) is 27.2 Å². The average Bonchev–Trinajstić information content (AvgIpc) is 3.46. The van der Waals surface area contributed by atoms with Crippen LogP contribution in [0, 0.1) is 5.92 Å². The molecule has 4 rings (SSSR count). The van der Waals surface area contributed by atoms with Crippen molar-refractivity contribution in [3.05, 3.63) is 47.2 Å². The van der Waals surface area contributed by atoms with E-state index in [0.29, 0.717) is 17.7 Å². The van der Waals surface area contributed by atoms with E-state index in [9.17, 15) is 21.6 Å². The predicted molar refractivity (Wildman–Crippen MR) is 119 cm³/mol. The lowest BCUT2D eigenvalue weighted by Crippen LogP contribution is -2.40. The molecule has 0 N–H and O–H groups in total. The number of carbonyl (C=O) groups excluding carboxylic acids is 1. The van der Waals surface area contributed by atoms with Crippen LogP contribution in [0.2, 0.25) is 0 Å². The molecule has 0 atom stereocenters. The van der Waals surface area contributed by atoms with Gasteiger partial charge in [0.05, 0.1) is 10.8 Å². The molecule has 180 valence electrons. The topological polar surface area (TPSA) is 114 Å². The molecule has 11 heteroatoms. The van der Waals surface area contributed by atoms with E-state index >= 15 is 0 Å². The van der Waals surface area contributed by atoms with Crippen molar-refractivity contribution in [3.8, 4) is 0 Å². The maximum atomic E-state index is 13.1. The number of rotatable bonds is 7. The summed E-state index contributed by atoms with van der Waals surface area (Å²) in [6.45, 7) is 0.297. The number of esters is 1. The van der Waals surface area contributed by atoms with Crippen molar-refractivity contribution < 1.29 is 30.8 Å². The first-order valence-corrected chi connectivity index (χ1v) is 13.8. The highest BCUT2D eigenvalue weighted by atomic mass is 32.2. The maximum Gasteiger partial charge on any atom is 0.309 e. The predicted octanol–water partition coefficient (Wildman–Crippen LogP) is 2.16. The minimum absolute atomic E-state index is 0.185. The Morgan fingerprint density at radius 1 is 1.06 bits per heavy atom. The van der Waals surface area contributed by atoms with Crippen LogP contribution in [-0.2, 0) is 49.0 Å². The molecule has 1 aliphatic heterocycles. The van der Waals surface area contributed by atoms with Crippen LogP contribution in [0.3, 0.4) is 0 Å². The van der Waals surface area contributed by atoms with E-state index in [1.807, 2.05) is 6.07 Å². The SMILES string of the molecule is CN(C)S(=O)(=O)c1ccc(COC(=O)C2CCN(S(=O)(=O)c3ccc4c(c3)CCC4)CC2)o1. The van der Waals surface area contributed by atoms with Crippen LogP contribution in [0.4, 0.5) is 0 Å². The third kappa shape index (κ3) is 4.86. The maximum absolute atomic E-state index is 13.1. The fraction of sp³-hybridized carbons (Fsp3) is 0.500. The summed E-state index contributed by atoms with van der Waals surface area (Å²) < 4.78 is 63.3. The van der Waals surface area contributed by atoms with Gasteiger partial charge in [0.15, 0.2) is 0 Å². The minimum Gasteiger partial charge on any atom is -0.457 e. The van der Waals surface area contributed by atoms with E-state index in [1.54, 1.807) is 12.1 Å². The Bertz CT molecular complexity index is 1240. The standard InChI is InChI=1S/C22H28N2O7S2/c1-23(2)33(28,29)21-9-7-19(31-21)15-30-22(25)17-10-12-24(13-11-17)32(26,27)20-8-6-16-4-3-5-18(16)14-20/h6-9,14,17H,3-5,10-13,15H2,1-2H3. The molecule has 1 saturated heterocycles. The summed E-state index contributed by atoms with van der Waals surface area (Å²) in [5.41, 5.74) is 2.33. The van der Waals surface area contributed by atoms with Gasteiger partial charge in [0.1, 0.15) is 12.4 Å². The van der Waals surface area contributed by atoms with E-state index in [4.69, 9.17) is 9.15 Å². The van der Waals surface area contributed by atoms with Crippen molar-refractivity contribution >= 4 is 26.0 Å². The van der Waals surface area contributed by atoms with Crippen LogP contribution < -0.4 is 0 Å². The van der Waals surface area contributed by atoms with Gasteiger partial charge < -0.3 is 9.15 Å². The number of sulfonamides is 2. The number of furan rings is 1. The number of carbonyl (C=O) groups is 1. The summed E-state index contributed by atoms with van der Waals surface area (Å²) in [5, 5.41) is -0.219. The number of hydrogen-bond donors (Lipinski definition) is 0. The van der Waals surface area contributed by atoms with Crippen LogP contribution in [0.25, 0.3) is 0 Å². The van der Waals surface area contributed by atoms with Crippen LogP contribution in [-0.4, -0.2) is 58.6 Å². The molecule has 9 nitrogen and oxygen atoms in total. The lowest BCUT2D eigenvalue weighted by atomic mass is 9.98. The molecule has 0 saturated carbocycles. The zero-order valence-corrected chi connectivity index (χ0v) is 20.3. The second kappa shape index (κ2) is 9.21. The van der Waals surface area contributed by atoms with Gasteiger partial charge in [0, 0.05) is 27.2 Å². The Labute approximate surface area is 194 Å². The van der Waals surface area contributed by atoms with E-state index in [-0.39, 0.29) is 30.5 Å². The third-order valence-electron chi connectivity index (χ3n) is 6.22.